The number of carbonyl (C=O) groups is 1. The number of ketones is 1. The second-order valence-corrected chi connectivity index (χ2v) is 5.35. The Kier molecular flexibility index (Phi) is 4.55. The lowest BCUT2D eigenvalue weighted by atomic mass is 9.94. The lowest BCUT2D eigenvalue weighted by molar-refractivity contribution is 0.0974. The van der Waals surface area contributed by atoms with E-state index in [4.69, 9.17) is 9.47 Å². The van der Waals surface area contributed by atoms with Gasteiger partial charge in [-0.05, 0) is 24.6 Å². The number of hydrogen-bond acceptors (Lipinski definition) is 6. The molecule has 1 heterocycles. The SMILES string of the molecule is COc1ccc(C(C#N)C(=O)c2csc(C)n2)cc1OC. The number of aryl methyl sites for hydroxylation is 1. The summed E-state index contributed by atoms with van der Waals surface area (Å²) in [5.74, 6) is -0.187. The average molecular weight is 302 g/mol. The maximum Gasteiger partial charge on any atom is 0.203 e. The van der Waals surface area contributed by atoms with Gasteiger partial charge in [0.2, 0.25) is 5.78 Å². The van der Waals surface area contributed by atoms with Crippen LogP contribution in [0.5, 0.6) is 11.5 Å². The molecule has 2 aromatic rings. The van der Waals surface area contributed by atoms with E-state index in [0.29, 0.717) is 22.8 Å². The molecule has 1 unspecified atom stereocenters. The van der Waals surface area contributed by atoms with E-state index in [-0.39, 0.29) is 5.78 Å². The predicted octanol–water partition coefficient (Wildman–Crippen LogP) is 2.96. The van der Waals surface area contributed by atoms with Gasteiger partial charge in [-0.25, -0.2) is 4.98 Å². The van der Waals surface area contributed by atoms with E-state index in [0.717, 1.165) is 5.01 Å². The van der Waals surface area contributed by atoms with Gasteiger partial charge in [-0.15, -0.1) is 11.3 Å². The van der Waals surface area contributed by atoms with Gasteiger partial charge in [-0.2, -0.15) is 5.26 Å². The number of carbonyl (C=O) groups excluding carboxylic acids is 1. The molecule has 1 aromatic heterocycles. The highest BCUT2D eigenvalue weighted by molar-refractivity contribution is 7.09. The molecule has 0 radical (unpaired) electrons. The van der Waals surface area contributed by atoms with Gasteiger partial charge in [-0.3, -0.25) is 4.79 Å². The van der Waals surface area contributed by atoms with Gasteiger partial charge in [0, 0.05) is 5.38 Å². The summed E-state index contributed by atoms with van der Waals surface area (Å²) in [6, 6.07) is 7.04. The molecule has 2 rings (SSSR count). The highest BCUT2D eigenvalue weighted by Gasteiger charge is 2.24. The Morgan fingerprint density at radius 2 is 2.05 bits per heavy atom. The van der Waals surface area contributed by atoms with Crippen molar-refractivity contribution in [3.63, 3.8) is 0 Å². The number of aromatic nitrogens is 1. The lowest BCUT2D eigenvalue weighted by Crippen LogP contribution is -2.12. The van der Waals surface area contributed by atoms with Gasteiger partial charge in [0.1, 0.15) is 11.6 Å². The number of ether oxygens (including phenoxy) is 2. The number of nitriles is 1. The van der Waals surface area contributed by atoms with Crippen molar-refractivity contribution in [2.24, 2.45) is 0 Å². The molecule has 0 amide bonds. The normalized spacial score (nSPS) is 11.5. The third kappa shape index (κ3) is 3.03. The van der Waals surface area contributed by atoms with Crippen LogP contribution < -0.4 is 9.47 Å². The van der Waals surface area contributed by atoms with Crippen molar-refractivity contribution >= 4 is 17.1 Å². The van der Waals surface area contributed by atoms with Gasteiger partial charge >= 0.3 is 0 Å². The van der Waals surface area contributed by atoms with Crippen LogP contribution in [0.15, 0.2) is 23.6 Å². The summed E-state index contributed by atoms with van der Waals surface area (Å²) >= 11 is 1.38. The fourth-order valence-electron chi connectivity index (χ4n) is 1.94. The van der Waals surface area contributed by atoms with Gasteiger partial charge < -0.3 is 9.47 Å². The zero-order valence-electron chi connectivity index (χ0n) is 11.9. The van der Waals surface area contributed by atoms with Crippen molar-refractivity contribution in [3.05, 3.63) is 39.8 Å². The van der Waals surface area contributed by atoms with E-state index in [9.17, 15) is 10.1 Å². The van der Waals surface area contributed by atoms with Crippen LogP contribution in [0.1, 0.15) is 27.0 Å². The molecular formula is C15H14N2O3S. The molecule has 1 atom stereocenters. The minimum Gasteiger partial charge on any atom is -0.493 e. The molecule has 0 N–H and O–H groups in total. The number of rotatable bonds is 5. The Balaban J connectivity index is 2.38. The van der Waals surface area contributed by atoms with E-state index in [1.54, 1.807) is 23.6 Å². The van der Waals surface area contributed by atoms with Crippen LogP contribution in [0, 0.1) is 18.3 Å². The van der Waals surface area contributed by atoms with E-state index in [1.165, 1.54) is 25.6 Å². The molecule has 0 fully saturated rings. The van der Waals surface area contributed by atoms with Crippen molar-refractivity contribution in [2.45, 2.75) is 12.8 Å². The molecule has 0 bridgehead atoms. The summed E-state index contributed by atoms with van der Waals surface area (Å²) in [7, 11) is 3.04. The van der Waals surface area contributed by atoms with Crippen molar-refractivity contribution in [1.29, 1.82) is 5.26 Å². The number of thiazole rings is 1. The molecule has 5 nitrogen and oxygen atoms in total. The number of nitrogens with zero attached hydrogens (tertiary/aromatic N) is 2. The first-order chi connectivity index (χ1) is 10.1. The van der Waals surface area contributed by atoms with Crippen molar-refractivity contribution in [2.75, 3.05) is 14.2 Å². The summed E-state index contributed by atoms with van der Waals surface area (Å²) in [4.78, 5) is 16.5. The highest BCUT2D eigenvalue weighted by Crippen LogP contribution is 2.31. The Hall–Kier alpha value is -2.39. The molecular weight excluding hydrogens is 288 g/mol. The van der Waals surface area contributed by atoms with Gasteiger partial charge in [-0.1, -0.05) is 6.07 Å². The van der Waals surface area contributed by atoms with Crippen LogP contribution in [0.4, 0.5) is 0 Å². The number of Topliss-reactive ketones (excluding diaryl/α,β-unsaturated/α-hetero) is 1. The van der Waals surface area contributed by atoms with Crippen molar-refractivity contribution < 1.29 is 14.3 Å². The van der Waals surface area contributed by atoms with Crippen LogP contribution in [0.3, 0.4) is 0 Å². The molecule has 0 saturated heterocycles. The first kappa shape index (κ1) is 15.0. The Bertz CT molecular complexity index is 703. The quantitative estimate of drug-likeness (QED) is 0.794. The number of benzene rings is 1. The third-order valence-corrected chi connectivity index (χ3v) is 3.78. The Morgan fingerprint density at radius 1 is 1.33 bits per heavy atom. The number of methoxy groups -OCH3 is 2. The van der Waals surface area contributed by atoms with Gasteiger partial charge in [0.15, 0.2) is 11.5 Å². The molecule has 0 aliphatic rings. The summed E-state index contributed by atoms with van der Waals surface area (Å²) in [6.07, 6.45) is 0. The summed E-state index contributed by atoms with van der Waals surface area (Å²) in [5.41, 5.74) is 0.879. The van der Waals surface area contributed by atoms with Gasteiger partial charge in [0.25, 0.3) is 0 Å². The first-order valence-corrected chi connectivity index (χ1v) is 7.06. The van der Waals surface area contributed by atoms with E-state index in [1.807, 2.05) is 13.0 Å². The zero-order chi connectivity index (χ0) is 15.4. The maximum absolute atomic E-state index is 12.4. The molecule has 0 saturated carbocycles. The standard InChI is InChI=1S/C15H14N2O3S/c1-9-17-12(8-21-9)15(18)11(7-16)10-4-5-13(19-2)14(6-10)20-3/h4-6,8,11H,1-3H3. The Morgan fingerprint density at radius 3 is 2.57 bits per heavy atom. The van der Waals surface area contributed by atoms with E-state index >= 15 is 0 Å². The smallest absolute Gasteiger partial charge is 0.203 e. The second kappa shape index (κ2) is 6.37. The van der Waals surface area contributed by atoms with Crippen LogP contribution in [-0.2, 0) is 0 Å². The van der Waals surface area contributed by atoms with E-state index in [2.05, 4.69) is 4.98 Å². The molecule has 0 aliphatic carbocycles. The minimum atomic E-state index is -0.911. The summed E-state index contributed by atoms with van der Waals surface area (Å²) in [6.45, 7) is 1.82. The summed E-state index contributed by atoms with van der Waals surface area (Å²) in [5, 5.41) is 11.8. The van der Waals surface area contributed by atoms with Crippen LogP contribution in [0.2, 0.25) is 0 Å². The van der Waals surface area contributed by atoms with Gasteiger partial charge in [0.05, 0.1) is 25.3 Å². The molecule has 6 heteroatoms. The first-order valence-electron chi connectivity index (χ1n) is 6.18. The zero-order valence-corrected chi connectivity index (χ0v) is 12.7. The third-order valence-electron chi connectivity index (χ3n) is 3.00. The molecule has 0 spiro atoms. The fraction of sp³-hybridized carbons (Fsp3) is 0.267. The predicted molar refractivity (Wildman–Crippen MR) is 79.1 cm³/mol. The topological polar surface area (TPSA) is 72.2 Å². The van der Waals surface area contributed by atoms with Crippen LogP contribution in [0.25, 0.3) is 0 Å². The summed E-state index contributed by atoms with van der Waals surface area (Å²) < 4.78 is 10.4. The second-order valence-electron chi connectivity index (χ2n) is 4.29. The molecule has 1 aromatic carbocycles. The Labute approximate surface area is 126 Å². The monoisotopic (exact) mass is 302 g/mol. The van der Waals surface area contributed by atoms with Crippen molar-refractivity contribution in [1.82, 2.24) is 4.98 Å². The van der Waals surface area contributed by atoms with Crippen molar-refractivity contribution in [3.8, 4) is 17.6 Å². The number of hydrogen-bond donors (Lipinski definition) is 0. The van der Waals surface area contributed by atoms with E-state index < -0.39 is 5.92 Å². The largest absolute Gasteiger partial charge is 0.493 e. The minimum absolute atomic E-state index is 0.311. The maximum atomic E-state index is 12.4. The van der Waals surface area contributed by atoms with Crippen LogP contribution in [-0.4, -0.2) is 25.0 Å². The lowest BCUT2D eigenvalue weighted by Gasteiger charge is -2.11. The average Bonchev–Trinajstić information content (AvgIpc) is 2.94. The molecule has 108 valence electrons. The highest BCUT2D eigenvalue weighted by atomic mass is 32.1. The fourth-order valence-corrected chi connectivity index (χ4v) is 2.54. The van der Waals surface area contributed by atoms with Crippen LogP contribution >= 0.6 is 11.3 Å². The molecule has 21 heavy (non-hydrogen) atoms. The molecule has 0 aliphatic heterocycles.